The molecule has 2 nitrogen and oxygen atoms in total. The summed E-state index contributed by atoms with van der Waals surface area (Å²) in [6, 6.07) is 0. The summed E-state index contributed by atoms with van der Waals surface area (Å²) in [5.74, 6) is 1.63. The van der Waals surface area contributed by atoms with Gasteiger partial charge in [-0.2, -0.15) is 0 Å². The predicted molar refractivity (Wildman–Crippen MR) is 57.7 cm³/mol. The van der Waals surface area contributed by atoms with Crippen molar-refractivity contribution in [1.82, 2.24) is 4.90 Å². The van der Waals surface area contributed by atoms with Crippen molar-refractivity contribution >= 4 is 0 Å². The highest BCUT2D eigenvalue weighted by Gasteiger charge is 2.20. The fraction of sp³-hybridized carbons (Fsp3) is 1.00. The number of likely N-dealkylation sites (tertiary alicyclic amines) is 1. The Balaban J connectivity index is 2.03. The zero-order chi connectivity index (χ0) is 9.68. The molecule has 0 radical (unpaired) electrons. The highest BCUT2D eigenvalue weighted by atomic mass is 15.1. The van der Waals surface area contributed by atoms with Crippen LogP contribution in [0.2, 0.25) is 0 Å². The molecule has 0 spiro atoms. The standard InChI is InChI=1S/C11H24N2/c1-10(2)4-3-6-13-7-5-11(8-12)9-13/h10-11H,3-9,12H2,1-2H3. The highest BCUT2D eigenvalue weighted by Crippen LogP contribution is 2.15. The number of nitrogens with zero attached hydrogens (tertiary/aromatic N) is 1. The Hall–Kier alpha value is -0.0800. The van der Waals surface area contributed by atoms with Crippen molar-refractivity contribution in [1.29, 1.82) is 0 Å². The molecule has 1 atom stereocenters. The molecule has 0 bridgehead atoms. The Labute approximate surface area is 82.5 Å². The van der Waals surface area contributed by atoms with Crippen molar-refractivity contribution in [3.8, 4) is 0 Å². The van der Waals surface area contributed by atoms with E-state index in [9.17, 15) is 0 Å². The van der Waals surface area contributed by atoms with Crippen molar-refractivity contribution in [2.75, 3.05) is 26.2 Å². The molecule has 0 aliphatic carbocycles. The molecule has 1 rings (SSSR count). The third kappa shape index (κ3) is 4.10. The van der Waals surface area contributed by atoms with Crippen molar-refractivity contribution in [3.63, 3.8) is 0 Å². The molecule has 78 valence electrons. The number of rotatable bonds is 5. The molecule has 0 saturated carbocycles. The van der Waals surface area contributed by atoms with Crippen LogP contribution < -0.4 is 5.73 Å². The second kappa shape index (κ2) is 5.61. The number of hydrogen-bond donors (Lipinski definition) is 1. The van der Waals surface area contributed by atoms with Gasteiger partial charge >= 0.3 is 0 Å². The van der Waals surface area contributed by atoms with E-state index in [1.807, 2.05) is 0 Å². The topological polar surface area (TPSA) is 29.3 Å². The Kier molecular flexibility index (Phi) is 4.74. The Bertz CT molecular complexity index is 134. The maximum atomic E-state index is 5.65. The van der Waals surface area contributed by atoms with Crippen LogP contribution in [0.5, 0.6) is 0 Å². The molecule has 2 heteroatoms. The van der Waals surface area contributed by atoms with Crippen LogP contribution in [0.4, 0.5) is 0 Å². The molecule has 0 amide bonds. The van der Waals surface area contributed by atoms with Gasteiger partial charge in [-0.25, -0.2) is 0 Å². The molecule has 1 unspecified atom stereocenters. The van der Waals surface area contributed by atoms with Crippen LogP contribution >= 0.6 is 0 Å². The average molecular weight is 184 g/mol. The number of nitrogens with two attached hydrogens (primary N) is 1. The molecule has 1 heterocycles. The van der Waals surface area contributed by atoms with Crippen LogP contribution in [0.25, 0.3) is 0 Å². The van der Waals surface area contributed by atoms with Gasteiger partial charge in [0.15, 0.2) is 0 Å². The smallest absolute Gasteiger partial charge is 0.00222 e. The van der Waals surface area contributed by atoms with E-state index >= 15 is 0 Å². The van der Waals surface area contributed by atoms with Gasteiger partial charge < -0.3 is 10.6 Å². The van der Waals surface area contributed by atoms with Gasteiger partial charge in [-0.3, -0.25) is 0 Å². The summed E-state index contributed by atoms with van der Waals surface area (Å²) in [5.41, 5.74) is 5.65. The molecular formula is C11H24N2. The predicted octanol–water partition coefficient (Wildman–Crippen LogP) is 1.70. The van der Waals surface area contributed by atoms with Crippen LogP contribution in [0.15, 0.2) is 0 Å². The van der Waals surface area contributed by atoms with E-state index < -0.39 is 0 Å². The summed E-state index contributed by atoms with van der Waals surface area (Å²) < 4.78 is 0. The summed E-state index contributed by atoms with van der Waals surface area (Å²) in [5, 5.41) is 0. The van der Waals surface area contributed by atoms with E-state index in [1.54, 1.807) is 0 Å². The van der Waals surface area contributed by atoms with Gasteiger partial charge in [-0.15, -0.1) is 0 Å². The van der Waals surface area contributed by atoms with Crippen molar-refractivity contribution in [2.45, 2.75) is 33.1 Å². The second-order valence-corrected chi connectivity index (χ2v) is 4.73. The second-order valence-electron chi connectivity index (χ2n) is 4.73. The van der Waals surface area contributed by atoms with Crippen LogP contribution in [0, 0.1) is 11.8 Å². The normalized spacial score (nSPS) is 24.5. The van der Waals surface area contributed by atoms with Gasteiger partial charge in [0.2, 0.25) is 0 Å². The zero-order valence-corrected chi connectivity index (χ0v) is 9.13. The van der Waals surface area contributed by atoms with Crippen LogP contribution in [0.1, 0.15) is 33.1 Å². The number of hydrogen-bond acceptors (Lipinski definition) is 2. The fourth-order valence-corrected chi connectivity index (χ4v) is 2.03. The van der Waals surface area contributed by atoms with E-state index in [0.29, 0.717) is 0 Å². The van der Waals surface area contributed by atoms with Gasteiger partial charge in [0.25, 0.3) is 0 Å². The molecule has 0 aromatic carbocycles. The van der Waals surface area contributed by atoms with Gasteiger partial charge in [0, 0.05) is 6.54 Å². The molecular weight excluding hydrogens is 160 g/mol. The van der Waals surface area contributed by atoms with Crippen molar-refractivity contribution in [2.24, 2.45) is 17.6 Å². The molecule has 1 aliphatic rings. The van der Waals surface area contributed by atoms with Crippen LogP contribution in [-0.4, -0.2) is 31.1 Å². The van der Waals surface area contributed by atoms with Crippen LogP contribution in [-0.2, 0) is 0 Å². The fourth-order valence-electron chi connectivity index (χ4n) is 2.03. The Morgan fingerprint density at radius 2 is 2.23 bits per heavy atom. The van der Waals surface area contributed by atoms with Gasteiger partial charge in [-0.1, -0.05) is 13.8 Å². The summed E-state index contributed by atoms with van der Waals surface area (Å²) in [6.45, 7) is 9.28. The van der Waals surface area contributed by atoms with Gasteiger partial charge in [0.05, 0.1) is 0 Å². The lowest BCUT2D eigenvalue weighted by Gasteiger charge is -2.15. The van der Waals surface area contributed by atoms with Crippen LogP contribution in [0.3, 0.4) is 0 Å². The monoisotopic (exact) mass is 184 g/mol. The molecule has 0 aromatic heterocycles. The van der Waals surface area contributed by atoms with Crippen molar-refractivity contribution in [3.05, 3.63) is 0 Å². The minimum atomic E-state index is 0.777. The maximum Gasteiger partial charge on any atom is 0.00222 e. The molecule has 1 fully saturated rings. The summed E-state index contributed by atoms with van der Waals surface area (Å²) in [4.78, 5) is 2.57. The summed E-state index contributed by atoms with van der Waals surface area (Å²) >= 11 is 0. The van der Waals surface area contributed by atoms with E-state index in [1.165, 1.54) is 38.9 Å². The average Bonchev–Trinajstić information content (AvgIpc) is 2.52. The maximum absolute atomic E-state index is 5.65. The summed E-state index contributed by atoms with van der Waals surface area (Å²) in [7, 11) is 0. The molecule has 0 aromatic rings. The van der Waals surface area contributed by atoms with E-state index in [2.05, 4.69) is 18.7 Å². The first-order valence-electron chi connectivity index (χ1n) is 5.64. The SMILES string of the molecule is CC(C)CCCN1CCC(CN)C1. The minimum absolute atomic E-state index is 0.777. The molecule has 1 aliphatic heterocycles. The summed E-state index contributed by atoms with van der Waals surface area (Å²) in [6.07, 6.45) is 4.04. The van der Waals surface area contributed by atoms with Gasteiger partial charge in [-0.05, 0) is 50.7 Å². The minimum Gasteiger partial charge on any atom is -0.330 e. The molecule has 2 N–H and O–H groups in total. The third-order valence-electron chi connectivity index (χ3n) is 2.96. The highest BCUT2D eigenvalue weighted by molar-refractivity contribution is 4.75. The zero-order valence-electron chi connectivity index (χ0n) is 9.13. The first kappa shape index (κ1) is 11.0. The lowest BCUT2D eigenvalue weighted by atomic mass is 10.1. The van der Waals surface area contributed by atoms with Crippen molar-refractivity contribution < 1.29 is 0 Å². The van der Waals surface area contributed by atoms with Gasteiger partial charge in [0.1, 0.15) is 0 Å². The lowest BCUT2D eigenvalue weighted by Crippen LogP contribution is -2.24. The largest absolute Gasteiger partial charge is 0.330 e. The first-order chi connectivity index (χ1) is 6.22. The first-order valence-corrected chi connectivity index (χ1v) is 5.64. The Morgan fingerprint density at radius 3 is 2.77 bits per heavy atom. The Morgan fingerprint density at radius 1 is 1.46 bits per heavy atom. The molecule has 13 heavy (non-hydrogen) atoms. The third-order valence-corrected chi connectivity index (χ3v) is 2.96. The lowest BCUT2D eigenvalue weighted by molar-refractivity contribution is 0.310. The quantitative estimate of drug-likeness (QED) is 0.704. The molecule has 1 saturated heterocycles. The van der Waals surface area contributed by atoms with E-state index in [-0.39, 0.29) is 0 Å². The van der Waals surface area contributed by atoms with E-state index in [0.717, 1.165) is 18.4 Å². The van der Waals surface area contributed by atoms with E-state index in [4.69, 9.17) is 5.73 Å².